The van der Waals surface area contributed by atoms with Gasteiger partial charge in [-0.05, 0) is 11.6 Å². The summed E-state index contributed by atoms with van der Waals surface area (Å²) in [7, 11) is 3.20. The Bertz CT molecular complexity index is 1100. The number of H-pyrrole nitrogens is 1. The molecular weight excluding hydrogens is 372 g/mol. The van der Waals surface area contributed by atoms with Gasteiger partial charge in [0.2, 0.25) is 11.8 Å². The maximum Gasteiger partial charge on any atom is 0.240 e. The van der Waals surface area contributed by atoms with Crippen molar-refractivity contribution in [3.05, 3.63) is 54.9 Å². The summed E-state index contributed by atoms with van der Waals surface area (Å²) < 4.78 is 22.1. The molecule has 0 aliphatic carbocycles. The molecule has 4 aromatic rings. The molecule has 0 saturated heterocycles. The normalized spacial score (nSPS) is 10.8. The van der Waals surface area contributed by atoms with E-state index in [4.69, 9.17) is 18.9 Å². The molecule has 2 aromatic heterocycles. The Kier molecular flexibility index (Phi) is 5.53. The predicted octanol–water partition coefficient (Wildman–Crippen LogP) is 3.85. The van der Waals surface area contributed by atoms with Crippen molar-refractivity contribution in [1.82, 2.24) is 20.2 Å². The molecule has 0 spiro atoms. The van der Waals surface area contributed by atoms with Crippen LogP contribution in [0.1, 0.15) is 0 Å². The highest BCUT2D eigenvalue weighted by Gasteiger charge is 2.14. The van der Waals surface area contributed by atoms with Crippen molar-refractivity contribution >= 4 is 10.9 Å². The topological polar surface area (TPSA) is 91.4 Å². The highest BCUT2D eigenvalue weighted by molar-refractivity contribution is 5.87. The van der Waals surface area contributed by atoms with Crippen molar-refractivity contribution in [2.45, 2.75) is 0 Å². The van der Waals surface area contributed by atoms with Crippen LogP contribution < -0.4 is 14.2 Å². The Balaban J connectivity index is 1.63. The third-order valence-electron chi connectivity index (χ3n) is 4.27. The van der Waals surface area contributed by atoms with Crippen LogP contribution in [0.4, 0.5) is 0 Å². The van der Waals surface area contributed by atoms with Gasteiger partial charge < -0.3 is 18.9 Å². The number of nitrogens with one attached hydrogen (secondary N) is 1. The van der Waals surface area contributed by atoms with Crippen LogP contribution in [0, 0.1) is 0 Å². The number of aromatic amines is 1. The van der Waals surface area contributed by atoms with Crippen LogP contribution in [-0.4, -0.2) is 47.6 Å². The van der Waals surface area contributed by atoms with Crippen molar-refractivity contribution in [3.8, 4) is 34.5 Å². The van der Waals surface area contributed by atoms with E-state index in [1.165, 1.54) is 6.33 Å². The number of aromatic nitrogens is 4. The van der Waals surface area contributed by atoms with Gasteiger partial charge in [-0.25, -0.2) is 9.97 Å². The van der Waals surface area contributed by atoms with Gasteiger partial charge in [-0.3, -0.25) is 5.10 Å². The van der Waals surface area contributed by atoms with Gasteiger partial charge in [-0.2, -0.15) is 0 Å². The molecule has 8 nitrogen and oxygen atoms in total. The number of rotatable bonds is 8. The summed E-state index contributed by atoms with van der Waals surface area (Å²) in [5.74, 6) is 1.92. The van der Waals surface area contributed by atoms with Crippen molar-refractivity contribution in [2.75, 3.05) is 27.4 Å². The molecule has 29 heavy (non-hydrogen) atoms. The van der Waals surface area contributed by atoms with Gasteiger partial charge in [-0.15, -0.1) is 5.10 Å². The Hall–Kier alpha value is -3.65. The minimum Gasteiger partial charge on any atom is -0.493 e. The van der Waals surface area contributed by atoms with E-state index in [-0.39, 0.29) is 0 Å². The molecule has 8 heteroatoms. The average Bonchev–Trinajstić information content (AvgIpc) is 3.23. The van der Waals surface area contributed by atoms with E-state index in [9.17, 15) is 0 Å². The fraction of sp³-hybridized carbons (Fsp3) is 0.190. The average molecular weight is 392 g/mol. The van der Waals surface area contributed by atoms with Crippen molar-refractivity contribution in [3.63, 3.8) is 0 Å². The molecule has 0 saturated carbocycles. The van der Waals surface area contributed by atoms with Gasteiger partial charge in [0, 0.05) is 19.2 Å². The summed E-state index contributed by atoms with van der Waals surface area (Å²) in [4.78, 5) is 8.58. The van der Waals surface area contributed by atoms with Crippen LogP contribution in [0.2, 0.25) is 0 Å². The van der Waals surface area contributed by atoms with E-state index in [2.05, 4.69) is 20.2 Å². The van der Waals surface area contributed by atoms with E-state index in [1.54, 1.807) is 26.4 Å². The first-order valence-electron chi connectivity index (χ1n) is 9.01. The summed E-state index contributed by atoms with van der Waals surface area (Å²) in [6, 6.07) is 15.3. The first-order chi connectivity index (χ1) is 14.3. The lowest BCUT2D eigenvalue weighted by atomic mass is 10.2. The number of hydrogen-bond acceptors (Lipinski definition) is 7. The van der Waals surface area contributed by atoms with Crippen LogP contribution in [0.25, 0.3) is 22.2 Å². The fourth-order valence-corrected chi connectivity index (χ4v) is 2.85. The van der Waals surface area contributed by atoms with E-state index in [0.717, 1.165) is 11.3 Å². The number of fused-ring (bicyclic) bond motifs is 1. The number of benzene rings is 2. The molecule has 4 rings (SSSR count). The first kappa shape index (κ1) is 18.7. The largest absolute Gasteiger partial charge is 0.493 e. The number of ether oxygens (including phenoxy) is 4. The Morgan fingerprint density at radius 3 is 2.59 bits per heavy atom. The SMILES string of the molecule is COCCOc1cc2ncnc(Oc3cc(-c4ccccc4)[nH]n3)c2cc1OC. The third kappa shape index (κ3) is 4.12. The highest BCUT2D eigenvalue weighted by atomic mass is 16.5. The fourth-order valence-electron chi connectivity index (χ4n) is 2.85. The van der Waals surface area contributed by atoms with E-state index in [0.29, 0.717) is 47.4 Å². The Morgan fingerprint density at radius 2 is 1.79 bits per heavy atom. The van der Waals surface area contributed by atoms with Gasteiger partial charge in [0.05, 0.1) is 30.3 Å². The zero-order valence-electron chi connectivity index (χ0n) is 16.1. The zero-order chi connectivity index (χ0) is 20.1. The lowest BCUT2D eigenvalue weighted by Crippen LogP contribution is -2.05. The second kappa shape index (κ2) is 8.57. The van der Waals surface area contributed by atoms with E-state index in [1.807, 2.05) is 36.4 Å². The van der Waals surface area contributed by atoms with Crippen LogP contribution in [0.3, 0.4) is 0 Å². The first-order valence-corrected chi connectivity index (χ1v) is 9.01. The molecule has 0 radical (unpaired) electrons. The van der Waals surface area contributed by atoms with E-state index >= 15 is 0 Å². The minimum atomic E-state index is 0.378. The second-order valence-corrected chi connectivity index (χ2v) is 6.13. The highest BCUT2D eigenvalue weighted by Crippen LogP contribution is 2.36. The number of nitrogens with zero attached hydrogens (tertiary/aromatic N) is 3. The molecular formula is C21H20N4O4. The number of methoxy groups -OCH3 is 2. The van der Waals surface area contributed by atoms with Crippen LogP contribution in [-0.2, 0) is 4.74 Å². The van der Waals surface area contributed by atoms with Crippen molar-refractivity contribution in [2.24, 2.45) is 0 Å². The van der Waals surface area contributed by atoms with Crippen molar-refractivity contribution < 1.29 is 18.9 Å². The molecule has 0 fully saturated rings. The molecule has 0 amide bonds. The van der Waals surface area contributed by atoms with Gasteiger partial charge >= 0.3 is 0 Å². The molecule has 2 heterocycles. The molecule has 0 aliphatic rings. The minimum absolute atomic E-state index is 0.378. The number of hydrogen-bond donors (Lipinski definition) is 1. The monoisotopic (exact) mass is 392 g/mol. The molecule has 0 aliphatic heterocycles. The lowest BCUT2D eigenvalue weighted by Gasteiger charge is -2.12. The molecule has 0 unspecified atom stereocenters. The lowest BCUT2D eigenvalue weighted by molar-refractivity contribution is 0.144. The summed E-state index contributed by atoms with van der Waals surface area (Å²) in [5, 5.41) is 7.89. The van der Waals surface area contributed by atoms with Gasteiger partial charge in [0.15, 0.2) is 11.5 Å². The molecule has 148 valence electrons. The summed E-state index contributed by atoms with van der Waals surface area (Å²) in [6.07, 6.45) is 1.44. The zero-order valence-corrected chi connectivity index (χ0v) is 16.1. The molecule has 1 N–H and O–H groups in total. The van der Waals surface area contributed by atoms with Crippen LogP contribution in [0.15, 0.2) is 54.9 Å². The Morgan fingerprint density at radius 1 is 0.931 bits per heavy atom. The van der Waals surface area contributed by atoms with Crippen molar-refractivity contribution in [1.29, 1.82) is 0 Å². The Labute approximate surface area is 167 Å². The van der Waals surface area contributed by atoms with Crippen LogP contribution in [0.5, 0.6) is 23.3 Å². The van der Waals surface area contributed by atoms with Gasteiger partial charge in [0.1, 0.15) is 12.9 Å². The maximum absolute atomic E-state index is 5.92. The standard InChI is InChI=1S/C21H20N4O4/c1-26-8-9-28-19-11-17-15(10-18(19)27-2)21(23-13-22-17)29-20-12-16(24-25-20)14-6-4-3-5-7-14/h3-7,10-13H,8-9H2,1-2H3,(H,24,25). The summed E-state index contributed by atoms with van der Waals surface area (Å²) >= 11 is 0. The molecule has 2 aromatic carbocycles. The quantitative estimate of drug-likeness (QED) is 0.455. The second-order valence-electron chi connectivity index (χ2n) is 6.13. The maximum atomic E-state index is 5.92. The summed E-state index contributed by atoms with van der Waals surface area (Å²) in [5.41, 5.74) is 2.54. The molecule has 0 bridgehead atoms. The van der Waals surface area contributed by atoms with Gasteiger partial charge in [0.25, 0.3) is 0 Å². The smallest absolute Gasteiger partial charge is 0.240 e. The predicted molar refractivity (Wildman–Crippen MR) is 108 cm³/mol. The molecule has 0 atom stereocenters. The van der Waals surface area contributed by atoms with Gasteiger partial charge in [-0.1, -0.05) is 30.3 Å². The third-order valence-corrected chi connectivity index (χ3v) is 4.27. The summed E-state index contributed by atoms with van der Waals surface area (Å²) in [6.45, 7) is 0.880. The van der Waals surface area contributed by atoms with E-state index < -0.39 is 0 Å². The van der Waals surface area contributed by atoms with Crippen LogP contribution >= 0.6 is 0 Å².